The van der Waals surface area contributed by atoms with Crippen LogP contribution in [0.4, 0.5) is 0 Å². The lowest BCUT2D eigenvalue weighted by Crippen LogP contribution is -1.78. The highest BCUT2D eigenvalue weighted by molar-refractivity contribution is 8.76. The SMILES string of the molecule is [C-]#[N+]C(C)SSC. The van der Waals surface area contributed by atoms with E-state index in [1.54, 1.807) is 21.6 Å². The van der Waals surface area contributed by atoms with Gasteiger partial charge in [-0.15, -0.1) is 0 Å². The summed E-state index contributed by atoms with van der Waals surface area (Å²) < 4.78 is 0. The van der Waals surface area contributed by atoms with E-state index in [1.165, 1.54) is 0 Å². The molecule has 1 atom stereocenters. The van der Waals surface area contributed by atoms with Crippen molar-refractivity contribution in [3.63, 3.8) is 0 Å². The van der Waals surface area contributed by atoms with Crippen molar-refractivity contribution >= 4 is 21.6 Å². The van der Waals surface area contributed by atoms with E-state index in [9.17, 15) is 0 Å². The van der Waals surface area contributed by atoms with Crippen LogP contribution in [0.2, 0.25) is 0 Å². The standard InChI is InChI=1S/C4H7NS2/c1-4(5-2)7-6-3/h4H,1,3H3. The van der Waals surface area contributed by atoms with Crippen molar-refractivity contribution in [2.45, 2.75) is 12.3 Å². The zero-order chi connectivity index (χ0) is 5.70. The molecular formula is C4H7NS2. The van der Waals surface area contributed by atoms with Crippen LogP contribution in [0.5, 0.6) is 0 Å². The fourth-order valence-corrected chi connectivity index (χ4v) is 1.45. The summed E-state index contributed by atoms with van der Waals surface area (Å²) in [4.78, 5) is 3.27. The van der Waals surface area contributed by atoms with E-state index in [1.807, 2.05) is 13.2 Å². The molecule has 0 bridgehead atoms. The summed E-state index contributed by atoms with van der Waals surface area (Å²) in [5.74, 6) is 0. The third-order valence-corrected chi connectivity index (χ3v) is 2.41. The van der Waals surface area contributed by atoms with Crippen LogP contribution in [0.1, 0.15) is 6.92 Å². The molecule has 3 heteroatoms. The molecule has 0 aromatic heterocycles. The lowest BCUT2D eigenvalue weighted by Gasteiger charge is -1.89. The molecule has 40 valence electrons. The van der Waals surface area contributed by atoms with E-state index in [0.29, 0.717) is 0 Å². The lowest BCUT2D eigenvalue weighted by molar-refractivity contribution is 1.25. The van der Waals surface area contributed by atoms with Gasteiger partial charge in [-0.2, -0.15) is 0 Å². The predicted octanol–water partition coefficient (Wildman–Crippen LogP) is 2.26. The first-order valence-corrected chi connectivity index (χ1v) is 4.49. The van der Waals surface area contributed by atoms with Gasteiger partial charge in [-0.1, -0.05) is 10.8 Å². The van der Waals surface area contributed by atoms with Gasteiger partial charge >= 0.3 is 0 Å². The maximum Gasteiger partial charge on any atom is 0.275 e. The van der Waals surface area contributed by atoms with Gasteiger partial charge < -0.3 is 4.85 Å². The molecule has 0 rings (SSSR count). The van der Waals surface area contributed by atoms with Crippen LogP contribution < -0.4 is 0 Å². The number of hydrogen-bond acceptors (Lipinski definition) is 2. The highest BCUT2D eigenvalue weighted by Crippen LogP contribution is 2.23. The molecule has 0 aromatic carbocycles. The number of nitrogens with zero attached hydrogens (tertiary/aromatic N) is 1. The molecule has 0 aromatic rings. The predicted molar refractivity (Wildman–Crippen MR) is 37.2 cm³/mol. The van der Waals surface area contributed by atoms with Gasteiger partial charge in [0.2, 0.25) is 0 Å². The molecular weight excluding hydrogens is 126 g/mol. The fourth-order valence-electron chi connectivity index (χ4n) is 0.161. The molecule has 1 nitrogen and oxygen atoms in total. The second kappa shape index (κ2) is 4.35. The Labute approximate surface area is 52.1 Å². The van der Waals surface area contributed by atoms with Crippen LogP contribution in [0.25, 0.3) is 4.85 Å². The van der Waals surface area contributed by atoms with Gasteiger partial charge in [-0.3, -0.25) is 0 Å². The topological polar surface area (TPSA) is 4.36 Å². The molecule has 0 fully saturated rings. The molecule has 0 radical (unpaired) electrons. The quantitative estimate of drug-likeness (QED) is 0.420. The fraction of sp³-hybridized carbons (Fsp3) is 0.750. The van der Waals surface area contributed by atoms with Crippen molar-refractivity contribution in [2.75, 3.05) is 6.26 Å². The molecule has 0 aliphatic heterocycles. The maximum atomic E-state index is 6.50. The average Bonchev–Trinajstić information content (AvgIpc) is 1.68. The van der Waals surface area contributed by atoms with E-state index < -0.39 is 0 Å². The third kappa shape index (κ3) is 4.03. The zero-order valence-electron chi connectivity index (χ0n) is 4.34. The maximum absolute atomic E-state index is 6.50. The molecule has 0 amide bonds. The Bertz CT molecular complexity index is 76.2. The molecule has 0 saturated carbocycles. The Kier molecular flexibility index (Phi) is 4.47. The molecule has 0 aliphatic rings. The first-order chi connectivity index (χ1) is 3.31. The Morgan fingerprint density at radius 1 is 1.71 bits per heavy atom. The number of hydrogen-bond donors (Lipinski definition) is 0. The minimum absolute atomic E-state index is 0.120. The largest absolute Gasteiger partial charge is 0.301 e. The van der Waals surface area contributed by atoms with Crippen molar-refractivity contribution in [2.24, 2.45) is 0 Å². The zero-order valence-corrected chi connectivity index (χ0v) is 5.97. The smallest absolute Gasteiger partial charge is 0.275 e. The molecule has 0 heterocycles. The van der Waals surface area contributed by atoms with Crippen LogP contribution in [-0.4, -0.2) is 11.6 Å². The monoisotopic (exact) mass is 133 g/mol. The van der Waals surface area contributed by atoms with E-state index >= 15 is 0 Å². The second-order valence-corrected chi connectivity index (χ2v) is 3.78. The highest BCUT2D eigenvalue weighted by Gasteiger charge is 1.99. The van der Waals surface area contributed by atoms with Gasteiger partial charge in [0.25, 0.3) is 5.37 Å². The van der Waals surface area contributed by atoms with E-state index in [4.69, 9.17) is 6.57 Å². The summed E-state index contributed by atoms with van der Waals surface area (Å²) in [6.07, 6.45) is 1.98. The molecule has 0 aliphatic carbocycles. The summed E-state index contributed by atoms with van der Waals surface area (Å²) in [5.41, 5.74) is 0. The normalized spacial score (nSPS) is 12.7. The Hall–Kier alpha value is 0.190. The van der Waals surface area contributed by atoms with E-state index in [-0.39, 0.29) is 5.37 Å². The molecule has 0 spiro atoms. The van der Waals surface area contributed by atoms with Gasteiger partial charge in [-0.05, 0) is 17.0 Å². The summed E-state index contributed by atoms with van der Waals surface area (Å²) in [7, 11) is 3.23. The molecule has 7 heavy (non-hydrogen) atoms. The van der Waals surface area contributed by atoms with Crippen molar-refractivity contribution < 1.29 is 0 Å². The van der Waals surface area contributed by atoms with E-state index in [0.717, 1.165) is 0 Å². The van der Waals surface area contributed by atoms with Crippen LogP contribution in [-0.2, 0) is 0 Å². The van der Waals surface area contributed by atoms with Crippen LogP contribution in [0.3, 0.4) is 0 Å². The van der Waals surface area contributed by atoms with Crippen LogP contribution >= 0.6 is 21.6 Å². The van der Waals surface area contributed by atoms with Gasteiger partial charge in [0, 0.05) is 6.92 Å². The average molecular weight is 133 g/mol. The first kappa shape index (κ1) is 7.19. The van der Waals surface area contributed by atoms with Gasteiger partial charge in [0.15, 0.2) is 0 Å². The van der Waals surface area contributed by atoms with E-state index in [2.05, 4.69) is 4.85 Å². The Balaban J connectivity index is 3.04. The Morgan fingerprint density at radius 2 is 2.29 bits per heavy atom. The minimum atomic E-state index is 0.120. The summed E-state index contributed by atoms with van der Waals surface area (Å²) in [6, 6.07) is 0. The third-order valence-electron chi connectivity index (χ3n) is 0.417. The summed E-state index contributed by atoms with van der Waals surface area (Å²) >= 11 is 0. The minimum Gasteiger partial charge on any atom is -0.301 e. The lowest BCUT2D eigenvalue weighted by atomic mass is 10.8. The Morgan fingerprint density at radius 3 is 2.43 bits per heavy atom. The van der Waals surface area contributed by atoms with Crippen LogP contribution in [0, 0.1) is 6.57 Å². The molecule has 0 N–H and O–H groups in total. The van der Waals surface area contributed by atoms with Crippen molar-refractivity contribution in [1.29, 1.82) is 0 Å². The van der Waals surface area contributed by atoms with Crippen LogP contribution in [0.15, 0.2) is 0 Å². The van der Waals surface area contributed by atoms with Gasteiger partial charge in [0.05, 0.1) is 0 Å². The second-order valence-electron chi connectivity index (χ2n) is 0.991. The van der Waals surface area contributed by atoms with Crippen molar-refractivity contribution in [3.8, 4) is 0 Å². The first-order valence-electron chi connectivity index (χ1n) is 1.87. The molecule has 1 unspecified atom stereocenters. The molecule has 0 saturated heterocycles. The number of rotatable bonds is 2. The summed E-state index contributed by atoms with van der Waals surface area (Å²) in [6.45, 7) is 8.40. The van der Waals surface area contributed by atoms with Gasteiger partial charge in [-0.25, -0.2) is 6.57 Å². The van der Waals surface area contributed by atoms with Gasteiger partial charge in [0.1, 0.15) is 0 Å². The summed E-state index contributed by atoms with van der Waals surface area (Å²) in [5, 5.41) is 0.120. The van der Waals surface area contributed by atoms with Crippen molar-refractivity contribution in [3.05, 3.63) is 11.4 Å². The highest BCUT2D eigenvalue weighted by atomic mass is 33.1. The van der Waals surface area contributed by atoms with Crippen molar-refractivity contribution in [1.82, 2.24) is 0 Å².